The summed E-state index contributed by atoms with van der Waals surface area (Å²) in [5.41, 5.74) is 0. The second kappa shape index (κ2) is 76.1. The van der Waals surface area contributed by atoms with Crippen LogP contribution in [0.5, 0.6) is 0 Å². The Labute approximate surface area is 645 Å². The largest absolute Gasteiger partial charge is 0.472 e. The van der Waals surface area contributed by atoms with Gasteiger partial charge in [-0.3, -0.25) is 37.3 Å². The van der Waals surface area contributed by atoms with Crippen molar-refractivity contribution in [1.82, 2.24) is 0 Å². The number of unbranched alkanes of at least 4 members (excludes halogenated alkanes) is 51. The van der Waals surface area contributed by atoms with Crippen LogP contribution in [0.2, 0.25) is 0 Å². The van der Waals surface area contributed by atoms with Gasteiger partial charge in [0, 0.05) is 25.7 Å². The van der Waals surface area contributed by atoms with Gasteiger partial charge in [0.05, 0.1) is 26.4 Å². The lowest BCUT2D eigenvalue weighted by Crippen LogP contribution is -2.30. The molecule has 19 heteroatoms. The molecule has 0 amide bonds. The SMILES string of the molecule is CCCCCCCCCCCCCCCCCCCCCCCC(=O)O[C@H](COC(=O)CCCCCCCCCCCCCCCCC(C)C)COP(=O)(O)OC[C@@H](O)COP(=O)(O)OC[C@@H](COC(=O)CCCCCCCCCCCCC(C)C)OC(=O)CCCCCCCCCCCCC(C)CC. The number of carbonyl (C=O) groups is 4. The number of rotatable bonds is 84. The third-order valence-electron chi connectivity index (χ3n) is 20.5. The fraction of sp³-hybridized carbons (Fsp3) is 0.953. The molecule has 0 heterocycles. The first kappa shape index (κ1) is 103. The zero-order valence-corrected chi connectivity index (χ0v) is 71.0. The van der Waals surface area contributed by atoms with Gasteiger partial charge in [0.2, 0.25) is 0 Å². The molecule has 0 rings (SSSR count). The summed E-state index contributed by atoms with van der Waals surface area (Å²) in [6, 6.07) is 0. The molecule has 0 aliphatic rings. The highest BCUT2D eigenvalue weighted by molar-refractivity contribution is 7.47. The van der Waals surface area contributed by atoms with Crippen LogP contribution in [-0.4, -0.2) is 96.7 Å². The Morgan fingerprint density at radius 2 is 0.486 bits per heavy atom. The number of hydrogen-bond acceptors (Lipinski definition) is 15. The average Bonchev–Trinajstić information content (AvgIpc) is 0.909. The summed E-state index contributed by atoms with van der Waals surface area (Å²) in [5.74, 6) is 0.256. The summed E-state index contributed by atoms with van der Waals surface area (Å²) in [6.45, 7) is 12.0. The van der Waals surface area contributed by atoms with Crippen LogP contribution in [0.4, 0.5) is 0 Å². The van der Waals surface area contributed by atoms with Crippen molar-refractivity contribution in [1.29, 1.82) is 0 Å². The minimum absolute atomic E-state index is 0.106. The van der Waals surface area contributed by atoms with Crippen LogP contribution in [0.3, 0.4) is 0 Å². The van der Waals surface area contributed by atoms with E-state index in [1.54, 1.807) is 0 Å². The first-order valence-corrected chi connectivity index (χ1v) is 47.4. The molecule has 624 valence electrons. The lowest BCUT2D eigenvalue weighted by atomic mass is 9.99. The predicted molar refractivity (Wildman–Crippen MR) is 432 cm³/mol. The average molecular weight is 1540 g/mol. The summed E-state index contributed by atoms with van der Waals surface area (Å²) in [5, 5.41) is 10.7. The van der Waals surface area contributed by atoms with Crippen molar-refractivity contribution in [2.45, 2.75) is 471 Å². The van der Waals surface area contributed by atoms with Gasteiger partial charge >= 0.3 is 39.5 Å². The topological polar surface area (TPSA) is 237 Å². The summed E-state index contributed by atoms with van der Waals surface area (Å²) in [6.07, 6.45) is 66.6. The van der Waals surface area contributed by atoms with Crippen molar-refractivity contribution in [2.24, 2.45) is 17.8 Å². The van der Waals surface area contributed by atoms with Crippen LogP contribution in [0.15, 0.2) is 0 Å². The standard InChI is InChI=1S/C86H168O17P2/c1-8-10-11-12-13-14-15-16-17-18-19-20-21-22-23-28-31-41-48-55-62-69-85(90)102-81(73-96-83(88)67-60-53-46-39-30-27-25-24-26-29-36-43-50-57-64-77(3)4)75-100-104(92,93)98-71-80(87)72-99-105(94,95)101-76-82(74-97-84(89)68-61-54-47-40-34-32-37-44-51-58-65-78(5)6)103-86(91)70-63-56-49-42-35-33-38-45-52-59-66-79(7)9-2/h77-82,87H,8-76H2,1-7H3,(H,92,93)(H,94,95)/t79?,80-,81-,82-/m1/s1. The zero-order valence-electron chi connectivity index (χ0n) is 69.2. The van der Waals surface area contributed by atoms with Crippen LogP contribution in [0.1, 0.15) is 453 Å². The molecular formula is C86H168O17P2. The molecule has 0 bridgehead atoms. The molecule has 17 nitrogen and oxygen atoms in total. The Morgan fingerprint density at radius 1 is 0.276 bits per heavy atom. The fourth-order valence-corrected chi connectivity index (χ4v) is 14.9. The fourth-order valence-electron chi connectivity index (χ4n) is 13.3. The van der Waals surface area contributed by atoms with Gasteiger partial charge in [0.15, 0.2) is 12.2 Å². The van der Waals surface area contributed by atoms with Gasteiger partial charge in [-0.25, -0.2) is 9.13 Å². The molecule has 3 unspecified atom stereocenters. The predicted octanol–water partition coefficient (Wildman–Crippen LogP) is 26.1. The molecule has 0 radical (unpaired) electrons. The van der Waals surface area contributed by atoms with Gasteiger partial charge in [-0.1, -0.05) is 402 Å². The first-order chi connectivity index (χ1) is 50.8. The molecule has 0 aromatic carbocycles. The van der Waals surface area contributed by atoms with Crippen molar-refractivity contribution in [3.8, 4) is 0 Å². The number of hydrogen-bond donors (Lipinski definition) is 3. The molecule has 0 fully saturated rings. The van der Waals surface area contributed by atoms with E-state index in [4.69, 9.17) is 37.0 Å². The molecule has 0 aromatic heterocycles. The minimum atomic E-state index is -4.97. The Morgan fingerprint density at radius 3 is 0.724 bits per heavy atom. The number of ether oxygens (including phenoxy) is 4. The first-order valence-electron chi connectivity index (χ1n) is 44.4. The molecular weight excluding hydrogens is 1370 g/mol. The van der Waals surface area contributed by atoms with E-state index in [-0.39, 0.29) is 25.7 Å². The third kappa shape index (κ3) is 78.5. The zero-order chi connectivity index (χ0) is 77.2. The van der Waals surface area contributed by atoms with Crippen molar-refractivity contribution < 1.29 is 80.2 Å². The molecule has 0 aliphatic heterocycles. The van der Waals surface area contributed by atoms with E-state index in [1.165, 1.54) is 263 Å². The summed E-state index contributed by atoms with van der Waals surface area (Å²) >= 11 is 0. The van der Waals surface area contributed by atoms with Crippen LogP contribution < -0.4 is 0 Å². The van der Waals surface area contributed by atoms with Gasteiger partial charge < -0.3 is 33.8 Å². The van der Waals surface area contributed by atoms with Gasteiger partial charge in [-0.05, 0) is 43.4 Å². The van der Waals surface area contributed by atoms with Gasteiger partial charge in [-0.15, -0.1) is 0 Å². The number of aliphatic hydroxyl groups is 1. The summed E-state index contributed by atoms with van der Waals surface area (Å²) in [4.78, 5) is 73.3. The van der Waals surface area contributed by atoms with Crippen LogP contribution in [0.25, 0.3) is 0 Å². The normalized spacial score (nSPS) is 14.1. The number of aliphatic hydroxyl groups excluding tert-OH is 1. The highest BCUT2D eigenvalue weighted by Crippen LogP contribution is 2.45. The van der Waals surface area contributed by atoms with Gasteiger partial charge in [0.25, 0.3) is 0 Å². The number of carbonyl (C=O) groups excluding carboxylic acids is 4. The quantitative estimate of drug-likeness (QED) is 0.0222. The number of phosphoric acid groups is 2. The van der Waals surface area contributed by atoms with Crippen molar-refractivity contribution in [2.75, 3.05) is 39.6 Å². The number of phosphoric ester groups is 2. The van der Waals surface area contributed by atoms with E-state index in [0.29, 0.717) is 25.7 Å². The maximum atomic E-state index is 13.2. The molecule has 3 N–H and O–H groups in total. The second-order valence-corrected chi connectivity index (χ2v) is 35.0. The minimum Gasteiger partial charge on any atom is -0.462 e. The smallest absolute Gasteiger partial charge is 0.462 e. The van der Waals surface area contributed by atoms with E-state index in [0.717, 1.165) is 108 Å². The lowest BCUT2D eigenvalue weighted by Gasteiger charge is -2.21. The van der Waals surface area contributed by atoms with E-state index in [1.807, 2.05) is 0 Å². The summed E-state index contributed by atoms with van der Waals surface area (Å²) in [7, 11) is -9.93. The van der Waals surface area contributed by atoms with Crippen LogP contribution >= 0.6 is 15.6 Å². The maximum absolute atomic E-state index is 13.2. The molecule has 105 heavy (non-hydrogen) atoms. The Hall–Kier alpha value is -1.94. The maximum Gasteiger partial charge on any atom is 0.472 e. The molecule has 6 atom stereocenters. The molecule has 0 saturated heterocycles. The molecule has 0 saturated carbocycles. The van der Waals surface area contributed by atoms with Crippen molar-refractivity contribution in [3.63, 3.8) is 0 Å². The monoisotopic (exact) mass is 1540 g/mol. The molecule has 0 aromatic rings. The van der Waals surface area contributed by atoms with Crippen LogP contribution in [0, 0.1) is 17.8 Å². The second-order valence-electron chi connectivity index (χ2n) is 32.1. The van der Waals surface area contributed by atoms with Crippen LogP contribution in [-0.2, 0) is 65.4 Å². The van der Waals surface area contributed by atoms with Crippen molar-refractivity contribution >= 4 is 39.5 Å². The molecule has 0 spiro atoms. The van der Waals surface area contributed by atoms with Gasteiger partial charge in [-0.2, -0.15) is 0 Å². The summed E-state index contributed by atoms with van der Waals surface area (Å²) < 4.78 is 68.9. The number of esters is 4. The third-order valence-corrected chi connectivity index (χ3v) is 22.4. The highest BCUT2D eigenvalue weighted by Gasteiger charge is 2.30. The van der Waals surface area contributed by atoms with Crippen molar-refractivity contribution in [3.05, 3.63) is 0 Å². The van der Waals surface area contributed by atoms with E-state index in [2.05, 4.69) is 48.5 Å². The Balaban J connectivity index is 5.26. The molecule has 0 aliphatic carbocycles. The van der Waals surface area contributed by atoms with Gasteiger partial charge in [0.1, 0.15) is 19.3 Å². The van der Waals surface area contributed by atoms with E-state index >= 15 is 0 Å². The Bertz CT molecular complexity index is 2030. The lowest BCUT2D eigenvalue weighted by molar-refractivity contribution is -0.161. The van der Waals surface area contributed by atoms with E-state index < -0.39 is 97.5 Å². The highest BCUT2D eigenvalue weighted by atomic mass is 31.2. The van der Waals surface area contributed by atoms with E-state index in [9.17, 15) is 43.2 Å². The Kier molecular flexibility index (Phi) is 74.7.